The average Bonchev–Trinajstić information content (AvgIpc) is 3.06. The van der Waals surface area contributed by atoms with E-state index in [-0.39, 0.29) is 6.04 Å². The molecule has 0 radical (unpaired) electrons. The summed E-state index contributed by atoms with van der Waals surface area (Å²) in [5.74, 6) is 1.98. The largest absolute Gasteiger partial charge is 0.364 e. The quantitative estimate of drug-likeness (QED) is 0.543. The molecule has 4 rings (SSSR count). The summed E-state index contributed by atoms with van der Waals surface area (Å²) in [6.07, 6.45) is 6.48. The predicted octanol–water partition coefficient (Wildman–Crippen LogP) is 3.55. The second kappa shape index (κ2) is 7.36. The molecule has 136 valence electrons. The Hall–Kier alpha value is -3.55. The summed E-state index contributed by atoms with van der Waals surface area (Å²) >= 11 is 0. The smallest absolute Gasteiger partial charge is 0.211 e. The first-order valence-electron chi connectivity index (χ1n) is 8.76. The summed E-state index contributed by atoms with van der Waals surface area (Å²) in [5, 5.41) is 6.59. The van der Waals surface area contributed by atoms with Gasteiger partial charge in [0.25, 0.3) is 0 Å². The predicted molar refractivity (Wildman–Crippen MR) is 105 cm³/mol. The topological polar surface area (TPSA) is 93.4 Å². The molecule has 8 heteroatoms. The summed E-state index contributed by atoms with van der Waals surface area (Å²) < 4.78 is 2.03. The van der Waals surface area contributed by atoms with Gasteiger partial charge in [-0.05, 0) is 19.4 Å². The number of hydrogen-bond acceptors (Lipinski definition) is 7. The lowest BCUT2D eigenvalue weighted by molar-refractivity contribution is 0.620. The lowest BCUT2D eigenvalue weighted by Crippen LogP contribution is -2.07. The number of aromatic nitrogens is 6. The second-order valence-electron chi connectivity index (χ2n) is 6.35. The third-order valence-corrected chi connectivity index (χ3v) is 4.10. The molecule has 0 bridgehead atoms. The van der Waals surface area contributed by atoms with E-state index in [1.54, 1.807) is 24.9 Å². The normalized spacial score (nSPS) is 11.1. The van der Waals surface area contributed by atoms with Crippen LogP contribution in [0, 0.1) is 0 Å². The third-order valence-electron chi connectivity index (χ3n) is 4.10. The number of anilines is 3. The van der Waals surface area contributed by atoms with Gasteiger partial charge in [-0.3, -0.25) is 9.55 Å². The van der Waals surface area contributed by atoms with Crippen LogP contribution >= 0.6 is 0 Å². The lowest BCUT2D eigenvalue weighted by atomic mass is 10.2. The van der Waals surface area contributed by atoms with Crippen LogP contribution in [0.2, 0.25) is 0 Å². The molecule has 0 spiro atoms. The van der Waals surface area contributed by atoms with Crippen LogP contribution in [0.1, 0.15) is 25.5 Å². The number of hydrogen-bond donors (Lipinski definition) is 2. The van der Waals surface area contributed by atoms with E-state index in [4.69, 9.17) is 4.98 Å². The van der Waals surface area contributed by atoms with Gasteiger partial charge in [-0.2, -0.15) is 0 Å². The number of imidazole rings is 1. The highest BCUT2D eigenvalue weighted by atomic mass is 15.3. The molecule has 0 aliphatic rings. The van der Waals surface area contributed by atoms with E-state index in [1.807, 2.05) is 22.8 Å². The Labute approximate surface area is 156 Å². The maximum absolute atomic E-state index is 4.74. The van der Waals surface area contributed by atoms with Crippen molar-refractivity contribution in [3.8, 4) is 0 Å². The summed E-state index contributed by atoms with van der Waals surface area (Å²) in [6, 6.07) is 10.3. The lowest BCUT2D eigenvalue weighted by Gasteiger charge is -2.12. The first kappa shape index (κ1) is 16.9. The van der Waals surface area contributed by atoms with E-state index in [0.717, 1.165) is 5.65 Å². The Morgan fingerprint density at radius 2 is 1.89 bits per heavy atom. The Kier molecular flexibility index (Phi) is 4.61. The van der Waals surface area contributed by atoms with Gasteiger partial charge in [-0.25, -0.2) is 19.9 Å². The molecule has 0 saturated carbocycles. The zero-order valence-corrected chi connectivity index (χ0v) is 15.2. The van der Waals surface area contributed by atoms with E-state index >= 15 is 0 Å². The van der Waals surface area contributed by atoms with Gasteiger partial charge < -0.3 is 10.6 Å². The first-order chi connectivity index (χ1) is 13.2. The number of nitrogens with one attached hydrogen (secondary N) is 2. The first-order valence-corrected chi connectivity index (χ1v) is 8.76. The summed E-state index contributed by atoms with van der Waals surface area (Å²) in [4.78, 5) is 21.9. The van der Waals surface area contributed by atoms with Crippen molar-refractivity contribution in [3.05, 3.63) is 60.8 Å². The molecule has 0 unspecified atom stereocenters. The molecule has 0 saturated heterocycles. The Bertz CT molecular complexity index is 1030. The second-order valence-corrected chi connectivity index (χ2v) is 6.35. The number of fused-ring (bicyclic) bond motifs is 1. The maximum atomic E-state index is 4.74. The van der Waals surface area contributed by atoms with E-state index in [9.17, 15) is 0 Å². The molecule has 0 aliphatic heterocycles. The van der Waals surface area contributed by atoms with E-state index < -0.39 is 0 Å². The minimum Gasteiger partial charge on any atom is -0.364 e. The van der Waals surface area contributed by atoms with Crippen molar-refractivity contribution >= 4 is 28.7 Å². The average molecular weight is 360 g/mol. The third kappa shape index (κ3) is 3.55. The number of rotatable bonds is 6. The molecule has 0 fully saturated rings. The van der Waals surface area contributed by atoms with E-state index in [2.05, 4.69) is 56.5 Å². The van der Waals surface area contributed by atoms with Crippen molar-refractivity contribution in [2.75, 3.05) is 10.6 Å². The van der Waals surface area contributed by atoms with Crippen LogP contribution in [0.3, 0.4) is 0 Å². The minimum atomic E-state index is 0.158. The number of benzene rings is 1. The van der Waals surface area contributed by atoms with E-state index in [0.29, 0.717) is 29.6 Å². The zero-order valence-electron chi connectivity index (χ0n) is 15.2. The van der Waals surface area contributed by atoms with Crippen molar-refractivity contribution < 1.29 is 0 Å². The van der Waals surface area contributed by atoms with Crippen LogP contribution in [0.15, 0.2) is 55.2 Å². The molecule has 2 N–H and O–H groups in total. The fraction of sp³-hybridized carbons (Fsp3) is 0.211. The highest BCUT2D eigenvalue weighted by Crippen LogP contribution is 2.28. The van der Waals surface area contributed by atoms with Crippen molar-refractivity contribution in [2.24, 2.45) is 0 Å². The van der Waals surface area contributed by atoms with Gasteiger partial charge in [0.1, 0.15) is 6.33 Å². The molecular weight excluding hydrogens is 340 g/mol. The Balaban J connectivity index is 1.70. The molecule has 1 aromatic carbocycles. The molecule has 8 nitrogen and oxygen atoms in total. The molecule has 3 heterocycles. The van der Waals surface area contributed by atoms with Crippen LogP contribution in [0.25, 0.3) is 11.2 Å². The summed E-state index contributed by atoms with van der Waals surface area (Å²) in [7, 11) is 0. The summed E-state index contributed by atoms with van der Waals surface area (Å²) in [5.41, 5.74) is 2.65. The van der Waals surface area contributed by atoms with Gasteiger partial charge in [-0.15, -0.1) is 0 Å². The molecule has 0 amide bonds. The monoisotopic (exact) mass is 360 g/mol. The van der Waals surface area contributed by atoms with E-state index in [1.165, 1.54) is 5.56 Å². The molecule has 0 aliphatic carbocycles. The van der Waals surface area contributed by atoms with Crippen molar-refractivity contribution in [1.82, 2.24) is 29.5 Å². The fourth-order valence-electron chi connectivity index (χ4n) is 2.88. The molecule has 0 atom stereocenters. The van der Waals surface area contributed by atoms with Crippen LogP contribution in [0.5, 0.6) is 0 Å². The molecule has 4 aromatic rings. The van der Waals surface area contributed by atoms with Crippen LogP contribution in [-0.4, -0.2) is 29.5 Å². The Morgan fingerprint density at radius 3 is 2.63 bits per heavy atom. The highest BCUT2D eigenvalue weighted by Gasteiger charge is 2.18. The molecule has 3 aromatic heterocycles. The maximum Gasteiger partial charge on any atom is 0.211 e. The van der Waals surface area contributed by atoms with Gasteiger partial charge in [-0.1, -0.05) is 30.3 Å². The minimum absolute atomic E-state index is 0.158. The van der Waals surface area contributed by atoms with Crippen LogP contribution in [-0.2, 0) is 6.54 Å². The highest BCUT2D eigenvalue weighted by molar-refractivity contribution is 5.85. The van der Waals surface area contributed by atoms with Crippen molar-refractivity contribution in [1.29, 1.82) is 0 Å². The molecule has 27 heavy (non-hydrogen) atoms. The fourth-order valence-corrected chi connectivity index (χ4v) is 2.88. The van der Waals surface area contributed by atoms with Crippen LogP contribution in [0.4, 0.5) is 17.6 Å². The standard InChI is InChI=1S/C19H20N8/c1-13(2)27-18-16(26-19(27)25-15-11-20-8-9-21-15)17(23-12-24-18)22-10-14-6-4-3-5-7-14/h3-9,11-13H,10H2,1-2H3,(H,21,25,26)(H,22,23,24). The summed E-state index contributed by atoms with van der Waals surface area (Å²) in [6.45, 7) is 4.83. The van der Waals surface area contributed by atoms with Gasteiger partial charge in [0, 0.05) is 25.0 Å². The van der Waals surface area contributed by atoms with Gasteiger partial charge in [0.15, 0.2) is 22.8 Å². The SMILES string of the molecule is CC(C)n1c(Nc2cnccn2)nc2c(NCc3ccccc3)ncnc21. The van der Waals surface area contributed by atoms with Gasteiger partial charge in [0.2, 0.25) is 5.95 Å². The van der Waals surface area contributed by atoms with Crippen molar-refractivity contribution in [2.45, 2.75) is 26.4 Å². The zero-order chi connectivity index (χ0) is 18.6. The number of nitrogens with zero attached hydrogens (tertiary/aromatic N) is 6. The van der Waals surface area contributed by atoms with Gasteiger partial charge >= 0.3 is 0 Å². The van der Waals surface area contributed by atoms with Gasteiger partial charge in [0.05, 0.1) is 6.20 Å². The molecular formula is C19H20N8. The van der Waals surface area contributed by atoms with Crippen LogP contribution < -0.4 is 10.6 Å². The Morgan fingerprint density at radius 1 is 1.04 bits per heavy atom. The van der Waals surface area contributed by atoms with Crippen molar-refractivity contribution in [3.63, 3.8) is 0 Å².